The van der Waals surface area contributed by atoms with E-state index in [1.165, 1.54) is 0 Å². The highest BCUT2D eigenvalue weighted by atomic mass is 16.5. The summed E-state index contributed by atoms with van der Waals surface area (Å²) in [5, 5.41) is 11.1. The Morgan fingerprint density at radius 2 is 1.97 bits per heavy atom. The van der Waals surface area contributed by atoms with Crippen LogP contribution in [0.2, 0.25) is 0 Å². The Morgan fingerprint density at radius 1 is 1.21 bits per heavy atom. The minimum absolute atomic E-state index is 0.0699. The van der Waals surface area contributed by atoms with Gasteiger partial charge in [-0.2, -0.15) is 0 Å². The van der Waals surface area contributed by atoms with Gasteiger partial charge in [-0.1, -0.05) is 12.1 Å². The van der Waals surface area contributed by atoms with Gasteiger partial charge < -0.3 is 19.7 Å². The number of H-pyrrole nitrogens is 1. The highest BCUT2D eigenvalue weighted by Gasteiger charge is 2.43. The van der Waals surface area contributed by atoms with Gasteiger partial charge >= 0.3 is 5.69 Å². The number of likely N-dealkylation sites (tertiary alicyclic amines) is 2. The van der Waals surface area contributed by atoms with Crippen molar-refractivity contribution in [2.24, 2.45) is 0 Å². The molecular formula is C21H30N4O4. The number of piperidine rings is 2. The Kier molecular flexibility index (Phi) is 5.76. The molecule has 8 heteroatoms. The van der Waals surface area contributed by atoms with Crippen LogP contribution in [0, 0.1) is 0 Å². The number of amides is 1. The molecule has 8 nitrogen and oxygen atoms in total. The normalized spacial score (nSPS) is 24.5. The molecule has 1 aromatic heterocycles. The van der Waals surface area contributed by atoms with E-state index in [1.807, 2.05) is 28.8 Å². The van der Waals surface area contributed by atoms with Crippen molar-refractivity contribution >= 4 is 16.9 Å². The number of benzene rings is 1. The predicted molar refractivity (Wildman–Crippen MR) is 110 cm³/mol. The number of nitrogens with zero attached hydrogens (tertiary/aromatic N) is 3. The topological polar surface area (TPSA) is 90.8 Å². The maximum atomic E-state index is 12.8. The number of nitrogens with one attached hydrogen (secondary N) is 1. The Hall–Kier alpha value is -2.16. The van der Waals surface area contributed by atoms with E-state index in [0.717, 1.165) is 43.4 Å². The van der Waals surface area contributed by atoms with Gasteiger partial charge in [0.05, 0.1) is 17.6 Å². The van der Waals surface area contributed by atoms with Gasteiger partial charge in [0.25, 0.3) is 5.91 Å². The average molecular weight is 402 g/mol. The molecule has 2 fully saturated rings. The molecule has 0 bridgehead atoms. The van der Waals surface area contributed by atoms with Gasteiger partial charge in [0.15, 0.2) is 5.60 Å². The maximum absolute atomic E-state index is 12.8. The number of carbonyl (C=O) groups excluding carboxylic acids is 1. The van der Waals surface area contributed by atoms with Gasteiger partial charge in [-0.05, 0) is 37.8 Å². The van der Waals surface area contributed by atoms with E-state index < -0.39 is 5.60 Å². The molecule has 0 saturated carbocycles. The van der Waals surface area contributed by atoms with Crippen LogP contribution in [0.3, 0.4) is 0 Å². The minimum atomic E-state index is -1.32. The van der Waals surface area contributed by atoms with Gasteiger partial charge in [0.2, 0.25) is 0 Å². The third-order valence-electron chi connectivity index (χ3n) is 6.30. The number of aromatic amines is 1. The first-order valence-corrected chi connectivity index (χ1v) is 10.4. The van der Waals surface area contributed by atoms with Crippen molar-refractivity contribution in [3.8, 4) is 0 Å². The van der Waals surface area contributed by atoms with Crippen LogP contribution in [-0.4, -0.2) is 82.4 Å². The van der Waals surface area contributed by atoms with Gasteiger partial charge in [-0.3, -0.25) is 14.3 Å². The molecule has 2 saturated heterocycles. The fourth-order valence-electron chi connectivity index (χ4n) is 4.77. The number of rotatable bonds is 6. The molecule has 158 valence electrons. The van der Waals surface area contributed by atoms with Crippen molar-refractivity contribution in [1.29, 1.82) is 0 Å². The number of aliphatic hydroxyl groups is 1. The summed E-state index contributed by atoms with van der Waals surface area (Å²) >= 11 is 0. The molecule has 1 aromatic carbocycles. The molecule has 0 spiro atoms. The molecule has 1 amide bonds. The van der Waals surface area contributed by atoms with Crippen molar-refractivity contribution in [3.05, 3.63) is 34.7 Å². The standard InChI is InChI=1S/C21H30N4O4/c1-29-14-13-24-10-4-9-21(28,19(24)26)15-23-11-7-16(8-12-23)25-18-6-3-2-5-17(18)22-20(25)27/h2-3,5-6,16,28H,4,7-15H2,1H3,(H,22,27)/t21-/m0/s1. The number of hydrogen-bond donors (Lipinski definition) is 2. The second-order valence-corrected chi connectivity index (χ2v) is 8.24. The van der Waals surface area contributed by atoms with E-state index in [9.17, 15) is 14.7 Å². The number of para-hydroxylation sites is 2. The van der Waals surface area contributed by atoms with Crippen molar-refractivity contribution in [2.75, 3.05) is 46.4 Å². The minimum Gasteiger partial charge on any atom is -0.383 e. The fraction of sp³-hybridized carbons (Fsp3) is 0.619. The van der Waals surface area contributed by atoms with Crippen molar-refractivity contribution < 1.29 is 14.6 Å². The molecule has 2 N–H and O–H groups in total. The summed E-state index contributed by atoms with van der Waals surface area (Å²) in [4.78, 5) is 32.1. The number of methoxy groups -OCH3 is 1. The number of carbonyl (C=O) groups is 1. The van der Waals surface area contributed by atoms with Crippen LogP contribution >= 0.6 is 0 Å². The smallest absolute Gasteiger partial charge is 0.326 e. The highest BCUT2D eigenvalue weighted by Crippen LogP contribution is 2.28. The monoisotopic (exact) mass is 402 g/mol. The van der Waals surface area contributed by atoms with E-state index in [-0.39, 0.29) is 17.6 Å². The van der Waals surface area contributed by atoms with Crippen molar-refractivity contribution in [2.45, 2.75) is 37.3 Å². The van der Waals surface area contributed by atoms with Crippen LogP contribution < -0.4 is 5.69 Å². The van der Waals surface area contributed by atoms with Gasteiger partial charge in [-0.15, -0.1) is 0 Å². The van der Waals surface area contributed by atoms with Gasteiger partial charge in [-0.25, -0.2) is 4.79 Å². The summed E-state index contributed by atoms with van der Waals surface area (Å²) in [7, 11) is 1.61. The Balaban J connectivity index is 1.40. The molecule has 29 heavy (non-hydrogen) atoms. The van der Waals surface area contributed by atoms with E-state index in [4.69, 9.17) is 4.74 Å². The number of aromatic nitrogens is 2. The zero-order valence-corrected chi connectivity index (χ0v) is 17.0. The molecule has 4 rings (SSSR count). The van der Waals surface area contributed by atoms with Crippen molar-refractivity contribution in [1.82, 2.24) is 19.4 Å². The van der Waals surface area contributed by atoms with E-state index in [0.29, 0.717) is 32.7 Å². The number of ether oxygens (including phenoxy) is 1. The predicted octanol–water partition coefficient (Wildman–Crippen LogP) is 0.966. The zero-order valence-electron chi connectivity index (χ0n) is 17.0. The lowest BCUT2D eigenvalue weighted by molar-refractivity contribution is -0.160. The lowest BCUT2D eigenvalue weighted by atomic mass is 9.90. The second-order valence-electron chi connectivity index (χ2n) is 8.24. The first kappa shape index (κ1) is 20.1. The molecule has 2 aliphatic heterocycles. The lowest BCUT2D eigenvalue weighted by Crippen LogP contribution is -2.59. The molecule has 3 heterocycles. The zero-order chi connectivity index (χ0) is 20.4. The fourth-order valence-corrected chi connectivity index (χ4v) is 4.77. The summed E-state index contributed by atoms with van der Waals surface area (Å²) in [6.45, 7) is 3.53. The second kappa shape index (κ2) is 8.30. The summed E-state index contributed by atoms with van der Waals surface area (Å²) in [6.07, 6.45) is 2.93. The number of β-amino-alcohol motifs (C(OH)–C–C–N with tert-alkyl or cyclic N) is 1. The summed E-state index contributed by atoms with van der Waals surface area (Å²) < 4.78 is 6.94. The molecule has 0 aliphatic carbocycles. The lowest BCUT2D eigenvalue weighted by Gasteiger charge is -2.42. The Bertz CT molecular complexity index is 915. The first-order valence-electron chi connectivity index (χ1n) is 10.4. The van der Waals surface area contributed by atoms with Crippen LogP contribution in [-0.2, 0) is 9.53 Å². The largest absolute Gasteiger partial charge is 0.383 e. The SMILES string of the molecule is COCCN1CCC[C@](O)(CN2CCC(n3c(=O)[nH]c4ccccc43)CC2)C1=O. The van der Waals surface area contributed by atoms with Crippen LogP contribution in [0.25, 0.3) is 11.0 Å². The highest BCUT2D eigenvalue weighted by molar-refractivity contribution is 5.86. The average Bonchev–Trinajstić information content (AvgIpc) is 3.05. The molecule has 2 aliphatic rings. The van der Waals surface area contributed by atoms with E-state index >= 15 is 0 Å². The Labute approximate surface area is 170 Å². The van der Waals surface area contributed by atoms with Gasteiger partial charge in [0.1, 0.15) is 0 Å². The number of imidazole rings is 1. The molecule has 1 atom stereocenters. The third kappa shape index (κ3) is 3.97. The van der Waals surface area contributed by atoms with E-state index in [2.05, 4.69) is 9.88 Å². The van der Waals surface area contributed by atoms with E-state index in [1.54, 1.807) is 12.0 Å². The molecule has 0 radical (unpaired) electrons. The van der Waals surface area contributed by atoms with Crippen LogP contribution in [0.4, 0.5) is 0 Å². The maximum Gasteiger partial charge on any atom is 0.326 e. The summed E-state index contributed by atoms with van der Waals surface area (Å²) in [5.41, 5.74) is 0.403. The quantitative estimate of drug-likeness (QED) is 0.751. The van der Waals surface area contributed by atoms with Crippen LogP contribution in [0.15, 0.2) is 29.1 Å². The van der Waals surface area contributed by atoms with Crippen LogP contribution in [0.1, 0.15) is 31.7 Å². The Morgan fingerprint density at radius 3 is 2.72 bits per heavy atom. The number of hydrogen-bond acceptors (Lipinski definition) is 5. The molecular weight excluding hydrogens is 372 g/mol. The molecule has 0 unspecified atom stereocenters. The van der Waals surface area contributed by atoms with Crippen molar-refractivity contribution in [3.63, 3.8) is 0 Å². The number of fused-ring (bicyclic) bond motifs is 1. The molecule has 2 aromatic rings. The van der Waals surface area contributed by atoms with Gasteiger partial charge in [0, 0.05) is 45.9 Å². The first-order chi connectivity index (χ1) is 14.0. The summed E-state index contributed by atoms with van der Waals surface area (Å²) in [5.74, 6) is -0.184. The third-order valence-corrected chi connectivity index (χ3v) is 6.30. The van der Waals surface area contributed by atoms with Crippen LogP contribution in [0.5, 0.6) is 0 Å². The summed E-state index contributed by atoms with van der Waals surface area (Å²) in [6, 6.07) is 7.88.